The van der Waals surface area contributed by atoms with Crippen LogP contribution in [0.5, 0.6) is 5.75 Å². The maximum atomic E-state index is 11.0. The summed E-state index contributed by atoms with van der Waals surface area (Å²) in [6.45, 7) is 0. The van der Waals surface area contributed by atoms with Gasteiger partial charge in [-0.15, -0.1) is 0 Å². The lowest BCUT2D eigenvalue weighted by Gasteiger charge is -2.10. The molecule has 0 amide bonds. The van der Waals surface area contributed by atoms with Crippen LogP contribution >= 0.6 is 0 Å². The lowest BCUT2D eigenvalue weighted by molar-refractivity contribution is 0.112. The lowest BCUT2D eigenvalue weighted by Crippen LogP contribution is -1.86. The largest absolute Gasteiger partial charge is 0.507 e. The zero-order valence-electron chi connectivity index (χ0n) is 10.2. The zero-order valence-corrected chi connectivity index (χ0v) is 10.2. The van der Waals surface area contributed by atoms with Crippen molar-refractivity contribution >= 4 is 17.1 Å². The molecule has 3 aromatic carbocycles. The third-order valence-electron chi connectivity index (χ3n) is 3.26. The van der Waals surface area contributed by atoms with Gasteiger partial charge in [0.2, 0.25) is 0 Å². The normalized spacial score (nSPS) is 10.5. The van der Waals surface area contributed by atoms with Crippen molar-refractivity contribution in [1.29, 1.82) is 0 Å². The minimum atomic E-state index is 0.0481. The smallest absolute Gasteiger partial charge is 0.153 e. The van der Waals surface area contributed by atoms with Crippen LogP contribution in [0.2, 0.25) is 0 Å². The highest BCUT2D eigenvalue weighted by Crippen LogP contribution is 2.36. The first-order valence-corrected chi connectivity index (χ1v) is 6.06. The van der Waals surface area contributed by atoms with Crippen molar-refractivity contribution in [2.24, 2.45) is 0 Å². The standard InChI is InChI=1S/C17H12O2/c18-11-14-10-9-13-7-4-8-15(16(13)17(14)19)12-5-2-1-3-6-12/h1-11,19H. The number of benzene rings is 3. The molecule has 0 aliphatic rings. The van der Waals surface area contributed by atoms with Crippen LogP contribution in [0.1, 0.15) is 10.4 Å². The Balaban J connectivity index is 2.40. The molecule has 0 unspecified atom stereocenters. The average molecular weight is 248 g/mol. The van der Waals surface area contributed by atoms with E-state index in [-0.39, 0.29) is 5.75 Å². The fourth-order valence-electron chi connectivity index (χ4n) is 2.33. The Hall–Kier alpha value is -2.61. The summed E-state index contributed by atoms with van der Waals surface area (Å²) in [5.74, 6) is 0.0481. The molecule has 92 valence electrons. The highest BCUT2D eigenvalue weighted by molar-refractivity contribution is 6.04. The topological polar surface area (TPSA) is 37.3 Å². The van der Waals surface area contributed by atoms with Gasteiger partial charge in [0.25, 0.3) is 0 Å². The first kappa shape index (κ1) is 11.5. The summed E-state index contributed by atoms with van der Waals surface area (Å²) >= 11 is 0. The third-order valence-corrected chi connectivity index (χ3v) is 3.26. The number of aromatic hydroxyl groups is 1. The molecule has 3 aromatic rings. The van der Waals surface area contributed by atoms with E-state index in [1.807, 2.05) is 54.6 Å². The van der Waals surface area contributed by atoms with E-state index in [0.717, 1.165) is 21.9 Å². The predicted octanol–water partition coefficient (Wildman–Crippen LogP) is 4.02. The van der Waals surface area contributed by atoms with Crippen LogP contribution in [0.25, 0.3) is 21.9 Å². The van der Waals surface area contributed by atoms with Crippen molar-refractivity contribution in [2.75, 3.05) is 0 Å². The van der Waals surface area contributed by atoms with Crippen molar-refractivity contribution in [1.82, 2.24) is 0 Å². The van der Waals surface area contributed by atoms with Gasteiger partial charge in [-0.25, -0.2) is 0 Å². The quantitative estimate of drug-likeness (QED) is 0.695. The second kappa shape index (κ2) is 4.58. The summed E-state index contributed by atoms with van der Waals surface area (Å²) in [5, 5.41) is 11.9. The Morgan fingerprint density at radius 2 is 1.63 bits per heavy atom. The molecule has 0 heterocycles. The van der Waals surface area contributed by atoms with Gasteiger partial charge in [0.1, 0.15) is 5.75 Å². The second-order valence-corrected chi connectivity index (χ2v) is 4.39. The van der Waals surface area contributed by atoms with Crippen LogP contribution in [-0.2, 0) is 0 Å². The van der Waals surface area contributed by atoms with Crippen LogP contribution in [0.3, 0.4) is 0 Å². The van der Waals surface area contributed by atoms with Crippen molar-refractivity contribution in [2.45, 2.75) is 0 Å². The molecule has 0 saturated carbocycles. The maximum absolute atomic E-state index is 11.0. The molecule has 3 rings (SSSR count). The van der Waals surface area contributed by atoms with Crippen LogP contribution in [0.15, 0.2) is 60.7 Å². The van der Waals surface area contributed by atoms with E-state index in [1.165, 1.54) is 0 Å². The van der Waals surface area contributed by atoms with Crippen LogP contribution in [0.4, 0.5) is 0 Å². The van der Waals surface area contributed by atoms with Gasteiger partial charge < -0.3 is 5.11 Å². The number of hydrogen-bond acceptors (Lipinski definition) is 2. The van der Waals surface area contributed by atoms with Crippen LogP contribution in [-0.4, -0.2) is 11.4 Å². The van der Waals surface area contributed by atoms with Gasteiger partial charge in [0.15, 0.2) is 6.29 Å². The van der Waals surface area contributed by atoms with Crippen LogP contribution < -0.4 is 0 Å². The summed E-state index contributed by atoms with van der Waals surface area (Å²) in [5.41, 5.74) is 2.27. The summed E-state index contributed by atoms with van der Waals surface area (Å²) in [6.07, 6.45) is 0.677. The predicted molar refractivity (Wildman–Crippen MR) is 76.4 cm³/mol. The molecule has 0 aliphatic heterocycles. The fourth-order valence-corrected chi connectivity index (χ4v) is 2.33. The van der Waals surface area contributed by atoms with E-state index >= 15 is 0 Å². The number of fused-ring (bicyclic) bond motifs is 1. The van der Waals surface area contributed by atoms with Gasteiger partial charge in [-0.3, -0.25) is 4.79 Å². The van der Waals surface area contributed by atoms with E-state index in [4.69, 9.17) is 0 Å². The lowest BCUT2D eigenvalue weighted by atomic mass is 9.96. The maximum Gasteiger partial charge on any atom is 0.153 e. The molecule has 2 heteroatoms. The Kier molecular flexibility index (Phi) is 2.76. The second-order valence-electron chi connectivity index (χ2n) is 4.39. The number of phenolic OH excluding ortho intramolecular Hbond substituents is 1. The SMILES string of the molecule is O=Cc1ccc2cccc(-c3ccccc3)c2c1O. The average Bonchev–Trinajstić information content (AvgIpc) is 2.48. The molecule has 0 atom stereocenters. The van der Waals surface area contributed by atoms with E-state index in [0.29, 0.717) is 11.8 Å². The molecule has 0 aliphatic carbocycles. The van der Waals surface area contributed by atoms with Crippen molar-refractivity contribution in [3.8, 4) is 16.9 Å². The van der Waals surface area contributed by atoms with Gasteiger partial charge in [-0.2, -0.15) is 0 Å². The summed E-state index contributed by atoms with van der Waals surface area (Å²) in [4.78, 5) is 11.0. The van der Waals surface area contributed by atoms with Crippen molar-refractivity contribution in [3.05, 3.63) is 66.2 Å². The molecule has 2 nitrogen and oxygen atoms in total. The number of carbonyl (C=O) groups excluding carboxylic acids is 1. The molecule has 0 saturated heterocycles. The zero-order chi connectivity index (χ0) is 13.2. The summed E-state index contributed by atoms with van der Waals surface area (Å²) < 4.78 is 0. The summed E-state index contributed by atoms with van der Waals surface area (Å²) in [6, 6.07) is 19.1. The van der Waals surface area contributed by atoms with Gasteiger partial charge in [0.05, 0.1) is 5.56 Å². The first-order chi connectivity index (χ1) is 9.31. The van der Waals surface area contributed by atoms with Crippen molar-refractivity contribution in [3.63, 3.8) is 0 Å². The number of hydrogen-bond donors (Lipinski definition) is 1. The minimum absolute atomic E-state index is 0.0481. The van der Waals surface area contributed by atoms with E-state index < -0.39 is 0 Å². The van der Waals surface area contributed by atoms with E-state index in [9.17, 15) is 9.90 Å². The van der Waals surface area contributed by atoms with E-state index in [1.54, 1.807) is 6.07 Å². The Bertz CT molecular complexity index is 746. The fraction of sp³-hybridized carbons (Fsp3) is 0. The molecule has 0 fully saturated rings. The first-order valence-electron chi connectivity index (χ1n) is 6.06. The van der Waals surface area contributed by atoms with E-state index in [2.05, 4.69) is 0 Å². The molecule has 0 bridgehead atoms. The number of phenols is 1. The highest BCUT2D eigenvalue weighted by atomic mass is 16.3. The molecule has 1 N–H and O–H groups in total. The van der Waals surface area contributed by atoms with Gasteiger partial charge in [-0.1, -0.05) is 54.6 Å². The molecular weight excluding hydrogens is 236 g/mol. The molecule has 0 radical (unpaired) electrons. The molecule has 0 aromatic heterocycles. The number of carbonyl (C=O) groups is 1. The molecular formula is C17H12O2. The highest BCUT2D eigenvalue weighted by Gasteiger charge is 2.10. The number of rotatable bonds is 2. The Morgan fingerprint density at radius 3 is 2.37 bits per heavy atom. The van der Waals surface area contributed by atoms with Crippen LogP contribution in [0, 0.1) is 0 Å². The minimum Gasteiger partial charge on any atom is -0.507 e. The number of aldehydes is 1. The van der Waals surface area contributed by atoms with Gasteiger partial charge in [0, 0.05) is 5.39 Å². The van der Waals surface area contributed by atoms with Crippen molar-refractivity contribution < 1.29 is 9.90 Å². The Labute approximate surface area is 110 Å². The van der Waals surface area contributed by atoms with Gasteiger partial charge >= 0.3 is 0 Å². The van der Waals surface area contributed by atoms with Gasteiger partial charge in [-0.05, 0) is 22.6 Å². The summed E-state index contributed by atoms with van der Waals surface area (Å²) in [7, 11) is 0. The molecule has 19 heavy (non-hydrogen) atoms. The third kappa shape index (κ3) is 1.87. The monoisotopic (exact) mass is 248 g/mol. The molecule has 0 spiro atoms. The Morgan fingerprint density at radius 1 is 0.842 bits per heavy atom.